The first-order valence-corrected chi connectivity index (χ1v) is 8.23. The molecule has 2 aromatic rings. The van der Waals surface area contributed by atoms with Crippen LogP contribution in [-0.2, 0) is 13.6 Å². The standard InChI is InChI=1S/C18H22N4O2/c1-20-17(23)9-8-16(19-20)18(24)22-11-5-10-21(12-13-22)14-15-6-3-2-4-7-15/h2-4,6-9H,5,10-14H2,1H3. The SMILES string of the molecule is Cn1nc(C(=O)N2CCCN(Cc3ccccc3)CC2)ccc1=O. The quantitative estimate of drug-likeness (QED) is 0.848. The molecule has 1 fully saturated rings. The van der Waals surface area contributed by atoms with Gasteiger partial charge in [-0.05, 0) is 18.1 Å². The van der Waals surface area contributed by atoms with E-state index < -0.39 is 0 Å². The molecule has 0 unspecified atom stereocenters. The molecule has 6 nitrogen and oxygen atoms in total. The Morgan fingerprint density at radius 2 is 1.83 bits per heavy atom. The van der Waals surface area contributed by atoms with Crippen LogP contribution in [-0.4, -0.2) is 51.7 Å². The van der Waals surface area contributed by atoms with Crippen LogP contribution in [0.5, 0.6) is 0 Å². The summed E-state index contributed by atoms with van der Waals surface area (Å²) in [5.41, 5.74) is 1.40. The fourth-order valence-electron chi connectivity index (χ4n) is 2.95. The monoisotopic (exact) mass is 326 g/mol. The van der Waals surface area contributed by atoms with Gasteiger partial charge in [0.2, 0.25) is 0 Å². The van der Waals surface area contributed by atoms with Crippen LogP contribution in [0, 0.1) is 0 Å². The maximum Gasteiger partial charge on any atom is 0.274 e. The van der Waals surface area contributed by atoms with Crippen molar-refractivity contribution in [3.63, 3.8) is 0 Å². The first-order chi connectivity index (χ1) is 11.6. The van der Waals surface area contributed by atoms with Gasteiger partial charge in [-0.15, -0.1) is 0 Å². The fraction of sp³-hybridized carbons (Fsp3) is 0.389. The summed E-state index contributed by atoms with van der Waals surface area (Å²) in [5.74, 6) is -0.104. The lowest BCUT2D eigenvalue weighted by atomic mass is 10.2. The highest BCUT2D eigenvalue weighted by Crippen LogP contribution is 2.10. The highest BCUT2D eigenvalue weighted by Gasteiger charge is 2.21. The van der Waals surface area contributed by atoms with Gasteiger partial charge in [0.15, 0.2) is 0 Å². The third-order valence-corrected chi connectivity index (χ3v) is 4.30. The number of carbonyl (C=O) groups is 1. The lowest BCUT2D eigenvalue weighted by molar-refractivity contribution is 0.0752. The Morgan fingerprint density at radius 1 is 1.04 bits per heavy atom. The van der Waals surface area contributed by atoms with Crippen molar-refractivity contribution in [2.75, 3.05) is 26.2 Å². The van der Waals surface area contributed by atoms with E-state index >= 15 is 0 Å². The predicted molar refractivity (Wildman–Crippen MR) is 91.7 cm³/mol. The van der Waals surface area contributed by atoms with Crippen LogP contribution in [0.3, 0.4) is 0 Å². The van der Waals surface area contributed by atoms with Crippen molar-refractivity contribution in [1.29, 1.82) is 0 Å². The molecule has 0 aliphatic carbocycles. The van der Waals surface area contributed by atoms with E-state index in [2.05, 4.69) is 22.1 Å². The average Bonchev–Trinajstić information content (AvgIpc) is 2.83. The zero-order chi connectivity index (χ0) is 16.9. The first kappa shape index (κ1) is 16.4. The Bertz CT molecular complexity index is 757. The summed E-state index contributed by atoms with van der Waals surface area (Å²) in [6, 6.07) is 13.3. The van der Waals surface area contributed by atoms with Crippen LogP contribution in [0.25, 0.3) is 0 Å². The van der Waals surface area contributed by atoms with Gasteiger partial charge < -0.3 is 4.90 Å². The Kier molecular flexibility index (Phi) is 5.05. The number of hydrogen-bond acceptors (Lipinski definition) is 4. The number of aryl methyl sites for hydroxylation is 1. The zero-order valence-electron chi connectivity index (χ0n) is 13.9. The van der Waals surface area contributed by atoms with E-state index in [4.69, 9.17) is 0 Å². The molecule has 0 N–H and O–H groups in total. The predicted octanol–water partition coefficient (Wildman–Crippen LogP) is 1.13. The molecule has 1 amide bonds. The molecule has 0 saturated carbocycles. The Hall–Kier alpha value is -2.47. The summed E-state index contributed by atoms with van der Waals surface area (Å²) >= 11 is 0. The second-order valence-corrected chi connectivity index (χ2v) is 6.09. The number of hydrogen-bond donors (Lipinski definition) is 0. The lowest BCUT2D eigenvalue weighted by Gasteiger charge is -2.22. The van der Waals surface area contributed by atoms with Gasteiger partial charge >= 0.3 is 0 Å². The molecule has 24 heavy (non-hydrogen) atoms. The summed E-state index contributed by atoms with van der Waals surface area (Å²) in [4.78, 5) is 28.2. The minimum atomic E-state index is -0.212. The number of carbonyl (C=O) groups excluding carboxylic acids is 1. The summed E-state index contributed by atoms with van der Waals surface area (Å²) in [7, 11) is 1.56. The van der Waals surface area contributed by atoms with Crippen LogP contribution in [0.15, 0.2) is 47.3 Å². The van der Waals surface area contributed by atoms with Crippen molar-refractivity contribution in [2.24, 2.45) is 7.05 Å². The number of nitrogens with zero attached hydrogens (tertiary/aromatic N) is 4. The van der Waals surface area contributed by atoms with Crippen molar-refractivity contribution >= 4 is 5.91 Å². The molecule has 6 heteroatoms. The average molecular weight is 326 g/mol. The van der Waals surface area contributed by atoms with Crippen molar-refractivity contribution in [2.45, 2.75) is 13.0 Å². The molecule has 0 atom stereocenters. The molecule has 3 rings (SSSR count). The van der Waals surface area contributed by atoms with Crippen molar-refractivity contribution in [1.82, 2.24) is 19.6 Å². The van der Waals surface area contributed by atoms with Crippen LogP contribution < -0.4 is 5.56 Å². The number of amides is 1. The smallest absolute Gasteiger partial charge is 0.274 e. The summed E-state index contributed by atoms with van der Waals surface area (Å²) in [6.07, 6.45) is 0.935. The number of benzene rings is 1. The van der Waals surface area contributed by atoms with E-state index in [0.717, 1.165) is 26.1 Å². The van der Waals surface area contributed by atoms with E-state index in [-0.39, 0.29) is 11.5 Å². The molecule has 0 radical (unpaired) electrons. The highest BCUT2D eigenvalue weighted by atomic mass is 16.2. The molecule has 126 valence electrons. The van der Waals surface area contributed by atoms with Crippen molar-refractivity contribution < 1.29 is 4.79 Å². The van der Waals surface area contributed by atoms with Crippen molar-refractivity contribution in [3.05, 3.63) is 64.1 Å². The summed E-state index contributed by atoms with van der Waals surface area (Å²) in [6.45, 7) is 4.11. The van der Waals surface area contributed by atoms with E-state index in [1.807, 2.05) is 23.1 Å². The van der Waals surface area contributed by atoms with E-state index in [0.29, 0.717) is 18.8 Å². The Morgan fingerprint density at radius 3 is 2.58 bits per heavy atom. The fourth-order valence-corrected chi connectivity index (χ4v) is 2.95. The molecule has 0 bridgehead atoms. The number of aromatic nitrogens is 2. The summed E-state index contributed by atoms with van der Waals surface area (Å²) in [5, 5.41) is 4.06. The Balaban J connectivity index is 1.63. The third kappa shape index (κ3) is 3.89. The zero-order valence-corrected chi connectivity index (χ0v) is 13.9. The third-order valence-electron chi connectivity index (χ3n) is 4.30. The van der Waals surface area contributed by atoms with Gasteiger partial charge in [-0.25, -0.2) is 4.68 Å². The highest BCUT2D eigenvalue weighted by molar-refractivity contribution is 5.92. The van der Waals surface area contributed by atoms with Gasteiger partial charge in [0.1, 0.15) is 5.69 Å². The van der Waals surface area contributed by atoms with E-state index in [1.165, 1.54) is 22.4 Å². The maximum atomic E-state index is 12.6. The Labute approximate surface area is 141 Å². The molecule has 1 aromatic carbocycles. The molecule has 0 spiro atoms. The van der Waals surface area contributed by atoms with Crippen LogP contribution >= 0.6 is 0 Å². The van der Waals surface area contributed by atoms with Crippen molar-refractivity contribution in [3.8, 4) is 0 Å². The first-order valence-electron chi connectivity index (χ1n) is 8.23. The van der Waals surface area contributed by atoms with Gasteiger partial charge in [0.05, 0.1) is 0 Å². The second kappa shape index (κ2) is 7.40. The topological polar surface area (TPSA) is 58.4 Å². The lowest BCUT2D eigenvalue weighted by Crippen LogP contribution is -2.36. The molecule has 1 aliphatic rings. The van der Waals surface area contributed by atoms with Crippen LogP contribution in [0.2, 0.25) is 0 Å². The minimum absolute atomic E-state index is 0.104. The van der Waals surface area contributed by atoms with Gasteiger partial charge in [0, 0.05) is 45.8 Å². The summed E-state index contributed by atoms with van der Waals surface area (Å²) < 4.78 is 1.20. The molecule has 1 aliphatic heterocycles. The molecular weight excluding hydrogens is 304 g/mol. The molecule has 1 aromatic heterocycles. The van der Waals surface area contributed by atoms with Crippen LogP contribution in [0.4, 0.5) is 0 Å². The van der Waals surface area contributed by atoms with Gasteiger partial charge in [-0.3, -0.25) is 14.5 Å². The molecule has 2 heterocycles. The minimum Gasteiger partial charge on any atom is -0.336 e. The van der Waals surface area contributed by atoms with Gasteiger partial charge in [-0.2, -0.15) is 5.10 Å². The van der Waals surface area contributed by atoms with E-state index in [9.17, 15) is 9.59 Å². The molecule has 1 saturated heterocycles. The number of rotatable bonds is 3. The van der Waals surface area contributed by atoms with Gasteiger partial charge in [0.25, 0.3) is 11.5 Å². The van der Waals surface area contributed by atoms with Gasteiger partial charge in [-0.1, -0.05) is 30.3 Å². The molecular formula is C18H22N4O2. The maximum absolute atomic E-state index is 12.6. The normalized spacial score (nSPS) is 16.0. The largest absolute Gasteiger partial charge is 0.336 e. The second-order valence-electron chi connectivity index (χ2n) is 6.09. The van der Waals surface area contributed by atoms with E-state index in [1.54, 1.807) is 7.05 Å². The van der Waals surface area contributed by atoms with Crippen LogP contribution in [0.1, 0.15) is 22.5 Å².